The lowest BCUT2D eigenvalue weighted by molar-refractivity contribution is 0.351. The monoisotopic (exact) mass is 273 g/mol. The van der Waals surface area contributed by atoms with Gasteiger partial charge < -0.3 is 14.4 Å². The number of likely N-dealkylation sites (tertiary alicyclic amines) is 1. The van der Waals surface area contributed by atoms with Crippen LogP contribution in [0.25, 0.3) is 0 Å². The first kappa shape index (κ1) is 13.3. The fourth-order valence-electron chi connectivity index (χ4n) is 3.41. The normalized spacial score (nSPS) is 21.4. The van der Waals surface area contributed by atoms with Crippen LogP contribution in [-0.2, 0) is 6.54 Å². The van der Waals surface area contributed by atoms with Crippen LogP contribution in [0.2, 0.25) is 0 Å². The second-order valence-electron chi connectivity index (χ2n) is 5.64. The molecule has 0 spiro atoms. The lowest BCUT2D eigenvalue weighted by Gasteiger charge is -2.26. The van der Waals surface area contributed by atoms with Gasteiger partial charge in [0.2, 0.25) is 0 Å². The van der Waals surface area contributed by atoms with Gasteiger partial charge in [0.05, 0.1) is 14.2 Å². The van der Waals surface area contributed by atoms with Crippen molar-refractivity contribution in [3.8, 4) is 11.5 Å². The van der Waals surface area contributed by atoms with Gasteiger partial charge in [0.15, 0.2) is 0 Å². The maximum atomic E-state index is 5.51. The Kier molecular flexibility index (Phi) is 3.86. The van der Waals surface area contributed by atoms with Gasteiger partial charge in [0, 0.05) is 36.3 Å². The molecule has 0 N–H and O–H groups in total. The summed E-state index contributed by atoms with van der Waals surface area (Å²) in [7, 11) is 3.41. The highest BCUT2D eigenvalue weighted by Crippen LogP contribution is 2.37. The molecule has 3 nitrogen and oxygen atoms in total. The first-order valence-electron chi connectivity index (χ1n) is 7.47. The predicted octanol–water partition coefficient (Wildman–Crippen LogP) is 3.59. The van der Waals surface area contributed by atoms with Crippen molar-refractivity contribution in [3.63, 3.8) is 0 Å². The smallest absolute Gasteiger partial charge is 0.127 e. The van der Waals surface area contributed by atoms with E-state index < -0.39 is 0 Å². The van der Waals surface area contributed by atoms with E-state index in [2.05, 4.69) is 17.0 Å². The van der Waals surface area contributed by atoms with Crippen molar-refractivity contribution < 1.29 is 9.47 Å². The van der Waals surface area contributed by atoms with Gasteiger partial charge >= 0.3 is 0 Å². The van der Waals surface area contributed by atoms with Gasteiger partial charge in [-0.25, -0.2) is 0 Å². The molecule has 20 heavy (non-hydrogen) atoms. The molecule has 1 aliphatic carbocycles. The van der Waals surface area contributed by atoms with Crippen LogP contribution in [0.15, 0.2) is 30.0 Å². The van der Waals surface area contributed by atoms with Crippen molar-refractivity contribution in [2.75, 3.05) is 20.8 Å². The van der Waals surface area contributed by atoms with E-state index in [4.69, 9.17) is 9.47 Å². The summed E-state index contributed by atoms with van der Waals surface area (Å²) in [6.45, 7) is 2.11. The second-order valence-corrected chi connectivity index (χ2v) is 5.64. The molecule has 1 aromatic carbocycles. The minimum Gasteiger partial charge on any atom is -0.497 e. The third-order valence-electron chi connectivity index (χ3n) is 4.50. The summed E-state index contributed by atoms with van der Waals surface area (Å²) in [5, 5.41) is 0. The van der Waals surface area contributed by atoms with Gasteiger partial charge in [-0.2, -0.15) is 0 Å². The summed E-state index contributed by atoms with van der Waals surface area (Å²) in [5.41, 5.74) is 2.80. The predicted molar refractivity (Wildman–Crippen MR) is 80.0 cm³/mol. The summed E-state index contributed by atoms with van der Waals surface area (Å²) in [6.07, 6.45) is 7.71. The summed E-state index contributed by atoms with van der Waals surface area (Å²) < 4.78 is 10.8. The average molecular weight is 273 g/mol. The molecule has 1 fully saturated rings. The molecule has 1 aliphatic heterocycles. The van der Waals surface area contributed by atoms with Crippen LogP contribution in [0, 0.1) is 5.92 Å². The van der Waals surface area contributed by atoms with Crippen LogP contribution in [0.1, 0.15) is 31.2 Å². The highest BCUT2D eigenvalue weighted by molar-refractivity contribution is 5.41. The van der Waals surface area contributed by atoms with Gasteiger partial charge in [-0.05, 0) is 37.8 Å². The number of benzene rings is 1. The van der Waals surface area contributed by atoms with Gasteiger partial charge in [0.25, 0.3) is 0 Å². The molecule has 1 aromatic rings. The van der Waals surface area contributed by atoms with E-state index in [0.29, 0.717) is 0 Å². The van der Waals surface area contributed by atoms with E-state index in [0.717, 1.165) is 24.0 Å². The number of ether oxygens (including phenoxy) is 2. The Morgan fingerprint density at radius 3 is 2.90 bits per heavy atom. The Morgan fingerprint density at radius 1 is 1.20 bits per heavy atom. The number of methoxy groups -OCH3 is 2. The molecule has 0 aromatic heterocycles. The van der Waals surface area contributed by atoms with Crippen LogP contribution in [0.3, 0.4) is 0 Å². The van der Waals surface area contributed by atoms with Crippen LogP contribution < -0.4 is 9.47 Å². The van der Waals surface area contributed by atoms with E-state index in [1.54, 1.807) is 19.9 Å². The summed E-state index contributed by atoms with van der Waals surface area (Å²) in [4.78, 5) is 2.52. The Labute approximate surface area is 121 Å². The van der Waals surface area contributed by atoms with Crippen molar-refractivity contribution in [1.82, 2.24) is 4.90 Å². The summed E-state index contributed by atoms with van der Waals surface area (Å²) in [5.74, 6) is 2.57. The first-order valence-corrected chi connectivity index (χ1v) is 7.47. The topological polar surface area (TPSA) is 21.7 Å². The van der Waals surface area contributed by atoms with E-state index >= 15 is 0 Å². The Morgan fingerprint density at radius 2 is 2.10 bits per heavy atom. The molecular weight excluding hydrogens is 250 g/mol. The largest absolute Gasteiger partial charge is 0.497 e. The number of hydrogen-bond donors (Lipinski definition) is 0. The van der Waals surface area contributed by atoms with Crippen molar-refractivity contribution in [2.24, 2.45) is 5.92 Å². The molecule has 1 heterocycles. The van der Waals surface area contributed by atoms with E-state index in [9.17, 15) is 0 Å². The summed E-state index contributed by atoms with van der Waals surface area (Å²) in [6, 6.07) is 6.10. The number of hydrogen-bond acceptors (Lipinski definition) is 3. The fraction of sp³-hybridized carbons (Fsp3) is 0.529. The minimum absolute atomic E-state index is 0.799. The Hall–Kier alpha value is -1.64. The quantitative estimate of drug-likeness (QED) is 0.836. The molecular formula is C17H23NO2. The molecule has 0 radical (unpaired) electrons. The fourth-order valence-corrected chi connectivity index (χ4v) is 3.41. The van der Waals surface area contributed by atoms with Gasteiger partial charge in [-0.1, -0.05) is 6.08 Å². The zero-order valence-electron chi connectivity index (χ0n) is 12.4. The molecule has 0 saturated carbocycles. The highest BCUT2D eigenvalue weighted by atomic mass is 16.5. The van der Waals surface area contributed by atoms with Crippen LogP contribution in [-0.4, -0.2) is 25.7 Å². The number of fused-ring (bicyclic) bond motifs is 1. The van der Waals surface area contributed by atoms with Crippen LogP contribution in [0.5, 0.6) is 11.5 Å². The minimum atomic E-state index is 0.799. The van der Waals surface area contributed by atoms with Crippen molar-refractivity contribution in [2.45, 2.75) is 32.2 Å². The molecule has 2 aliphatic rings. The van der Waals surface area contributed by atoms with Gasteiger partial charge in [-0.15, -0.1) is 0 Å². The lowest BCUT2D eigenvalue weighted by Crippen LogP contribution is -2.20. The number of allylic oxidation sites excluding steroid dienone is 2. The van der Waals surface area contributed by atoms with E-state index in [1.807, 2.05) is 12.1 Å². The van der Waals surface area contributed by atoms with E-state index in [1.165, 1.54) is 37.8 Å². The molecule has 1 atom stereocenters. The zero-order chi connectivity index (χ0) is 13.9. The molecule has 108 valence electrons. The third-order valence-corrected chi connectivity index (χ3v) is 4.50. The zero-order valence-corrected chi connectivity index (χ0v) is 12.4. The molecule has 1 unspecified atom stereocenters. The molecule has 3 heteroatoms. The Bertz CT molecular complexity index is 510. The van der Waals surface area contributed by atoms with Crippen LogP contribution in [0.4, 0.5) is 0 Å². The van der Waals surface area contributed by atoms with Crippen molar-refractivity contribution in [1.29, 1.82) is 0 Å². The molecule has 1 saturated heterocycles. The van der Waals surface area contributed by atoms with Gasteiger partial charge in [-0.3, -0.25) is 0 Å². The lowest BCUT2D eigenvalue weighted by atomic mass is 9.92. The maximum Gasteiger partial charge on any atom is 0.127 e. The maximum absolute atomic E-state index is 5.51. The molecule has 0 bridgehead atoms. The average Bonchev–Trinajstić information content (AvgIpc) is 2.91. The third kappa shape index (κ3) is 2.49. The second kappa shape index (κ2) is 5.78. The van der Waals surface area contributed by atoms with Crippen molar-refractivity contribution in [3.05, 3.63) is 35.5 Å². The SMILES string of the molecule is COc1ccc(CN2CCC3CCCC=C32)c(OC)c1. The van der Waals surface area contributed by atoms with Crippen LogP contribution >= 0.6 is 0 Å². The first-order chi connectivity index (χ1) is 9.81. The highest BCUT2D eigenvalue weighted by Gasteiger charge is 2.29. The van der Waals surface area contributed by atoms with Gasteiger partial charge in [0.1, 0.15) is 11.5 Å². The Balaban J connectivity index is 1.79. The number of nitrogens with zero attached hydrogens (tertiary/aromatic N) is 1. The number of rotatable bonds is 4. The summed E-state index contributed by atoms with van der Waals surface area (Å²) >= 11 is 0. The molecule has 3 rings (SSSR count). The van der Waals surface area contributed by atoms with E-state index in [-0.39, 0.29) is 0 Å². The van der Waals surface area contributed by atoms with Crippen molar-refractivity contribution >= 4 is 0 Å². The molecule has 0 amide bonds. The standard InChI is InChI=1S/C17H23NO2/c1-19-15-8-7-14(17(11-15)20-2)12-18-10-9-13-5-3-4-6-16(13)18/h6-8,11,13H,3-5,9-10,12H2,1-2H3.